The lowest BCUT2D eigenvalue weighted by atomic mass is 9.67. The number of rotatable bonds is 6. The van der Waals surface area contributed by atoms with Crippen LogP contribution in [0, 0.1) is 51.4 Å². The molecule has 0 N–H and O–H groups in total. The van der Waals surface area contributed by atoms with Gasteiger partial charge in [0, 0.05) is 35.0 Å². The molecule has 35 heavy (non-hydrogen) atoms. The molecule has 0 fully saturated rings. The summed E-state index contributed by atoms with van der Waals surface area (Å²) >= 11 is 0. The van der Waals surface area contributed by atoms with Gasteiger partial charge in [-0.2, -0.15) is 10.5 Å². The van der Waals surface area contributed by atoms with Crippen LogP contribution in [-0.4, -0.2) is 11.6 Å². The molecule has 0 aliphatic heterocycles. The molecule has 4 nitrogen and oxygen atoms in total. The van der Waals surface area contributed by atoms with Crippen LogP contribution in [0.4, 0.5) is 13.2 Å². The Morgan fingerprint density at radius 2 is 1.20 bits per heavy atom. The maximum Gasteiger partial charge on any atom is 0.189 e. The summed E-state index contributed by atoms with van der Waals surface area (Å²) in [6.07, 6.45) is 1.15. The molecule has 3 aromatic carbocycles. The van der Waals surface area contributed by atoms with E-state index < -0.39 is 46.3 Å². The van der Waals surface area contributed by atoms with Gasteiger partial charge in [-0.15, -0.1) is 0 Å². The molecule has 0 amide bonds. The summed E-state index contributed by atoms with van der Waals surface area (Å²) < 4.78 is 40.3. The van der Waals surface area contributed by atoms with Gasteiger partial charge in [0.2, 0.25) is 0 Å². The van der Waals surface area contributed by atoms with Crippen molar-refractivity contribution in [3.05, 3.63) is 119 Å². The lowest BCUT2D eigenvalue weighted by Crippen LogP contribution is -2.32. The Hall–Kier alpha value is -4.49. The highest BCUT2D eigenvalue weighted by Crippen LogP contribution is 2.54. The van der Waals surface area contributed by atoms with E-state index in [2.05, 4.69) is 0 Å². The summed E-state index contributed by atoms with van der Waals surface area (Å²) in [5.41, 5.74) is -1.07. The number of hydrogen-bond donors (Lipinski definition) is 0. The minimum atomic E-state index is -1.85. The number of Topliss-reactive ketones (excluding diaryl/α,β-unsaturated/α-hetero) is 2. The third kappa shape index (κ3) is 4.37. The number of carbonyl (C=O) groups is 2. The average molecular weight is 470 g/mol. The van der Waals surface area contributed by atoms with E-state index in [1.165, 1.54) is 42.5 Å². The topological polar surface area (TPSA) is 81.7 Å². The van der Waals surface area contributed by atoms with Gasteiger partial charge in [-0.3, -0.25) is 9.59 Å². The van der Waals surface area contributed by atoms with Gasteiger partial charge in [0.25, 0.3) is 0 Å². The normalized spacial score (nSPS) is 18.3. The second-order valence-corrected chi connectivity index (χ2v) is 8.28. The molecule has 172 valence electrons. The van der Waals surface area contributed by atoms with Gasteiger partial charge in [-0.25, -0.2) is 13.2 Å². The van der Waals surface area contributed by atoms with E-state index in [1.54, 1.807) is 0 Å². The quantitative estimate of drug-likeness (QED) is 0.418. The van der Waals surface area contributed by atoms with Gasteiger partial charge in [-0.05, 0) is 66.2 Å². The predicted molar refractivity (Wildman–Crippen MR) is 120 cm³/mol. The van der Waals surface area contributed by atoms with E-state index in [9.17, 15) is 33.3 Å². The molecule has 0 radical (unpaired) electrons. The van der Waals surface area contributed by atoms with Crippen molar-refractivity contribution in [1.82, 2.24) is 0 Å². The average Bonchev–Trinajstić information content (AvgIpc) is 3.19. The van der Waals surface area contributed by atoms with Crippen LogP contribution in [0.15, 0.2) is 84.4 Å². The van der Waals surface area contributed by atoms with Crippen molar-refractivity contribution < 1.29 is 22.8 Å². The van der Waals surface area contributed by atoms with Crippen LogP contribution in [0.25, 0.3) is 0 Å². The third-order valence-corrected chi connectivity index (χ3v) is 6.25. The van der Waals surface area contributed by atoms with E-state index in [0.29, 0.717) is 5.56 Å². The SMILES string of the molecule is N#CC1(C#N)[C@@H](CC(=O)c2ccc(F)cc2)C=C(C(=O)c2ccc(F)cc2)[C@@H]1c1ccc(F)cc1. The smallest absolute Gasteiger partial charge is 0.189 e. The number of ketones is 2. The van der Waals surface area contributed by atoms with E-state index in [0.717, 1.165) is 36.4 Å². The molecule has 7 heteroatoms. The van der Waals surface area contributed by atoms with Crippen LogP contribution in [-0.2, 0) is 0 Å². The maximum atomic E-state index is 13.6. The molecule has 0 saturated heterocycles. The van der Waals surface area contributed by atoms with Gasteiger partial charge in [-0.1, -0.05) is 18.2 Å². The number of nitrogens with zero attached hydrogens (tertiary/aromatic N) is 2. The molecule has 1 aliphatic rings. The zero-order valence-electron chi connectivity index (χ0n) is 18.2. The van der Waals surface area contributed by atoms with E-state index in [4.69, 9.17) is 0 Å². The Labute approximate surface area is 199 Å². The van der Waals surface area contributed by atoms with Crippen LogP contribution >= 0.6 is 0 Å². The van der Waals surface area contributed by atoms with Gasteiger partial charge < -0.3 is 0 Å². The zero-order chi connectivity index (χ0) is 25.2. The van der Waals surface area contributed by atoms with Crippen molar-refractivity contribution in [1.29, 1.82) is 10.5 Å². The van der Waals surface area contributed by atoms with E-state index in [-0.39, 0.29) is 23.1 Å². The number of allylic oxidation sites excluding steroid dienone is 2. The minimum absolute atomic E-state index is 0.0863. The lowest BCUT2D eigenvalue weighted by Gasteiger charge is -2.29. The van der Waals surface area contributed by atoms with Crippen molar-refractivity contribution >= 4 is 11.6 Å². The minimum Gasteiger partial charge on any atom is -0.294 e. The van der Waals surface area contributed by atoms with Gasteiger partial charge in [0.15, 0.2) is 17.0 Å². The number of halogens is 3. The lowest BCUT2D eigenvalue weighted by molar-refractivity contribution is 0.0955. The third-order valence-electron chi connectivity index (χ3n) is 6.25. The second-order valence-electron chi connectivity index (χ2n) is 8.28. The summed E-state index contributed by atoms with van der Waals surface area (Å²) in [6, 6.07) is 18.8. The summed E-state index contributed by atoms with van der Waals surface area (Å²) in [5, 5.41) is 20.4. The van der Waals surface area contributed by atoms with Crippen LogP contribution in [0.3, 0.4) is 0 Å². The van der Waals surface area contributed by atoms with Gasteiger partial charge >= 0.3 is 0 Å². The Bertz CT molecular complexity index is 1380. The van der Waals surface area contributed by atoms with Crippen molar-refractivity contribution in [2.45, 2.75) is 12.3 Å². The zero-order valence-corrected chi connectivity index (χ0v) is 18.2. The van der Waals surface area contributed by atoms with Gasteiger partial charge in [0.1, 0.15) is 17.5 Å². The summed E-state index contributed by atoms with van der Waals surface area (Å²) in [4.78, 5) is 26.4. The molecule has 0 bridgehead atoms. The number of nitriles is 2. The first-order valence-electron chi connectivity index (χ1n) is 10.7. The first kappa shape index (κ1) is 23.7. The monoisotopic (exact) mass is 470 g/mol. The Morgan fingerprint density at radius 1 is 0.743 bits per heavy atom. The molecule has 0 saturated carbocycles. The number of carbonyl (C=O) groups excluding carboxylic acids is 2. The van der Waals surface area contributed by atoms with Gasteiger partial charge in [0.05, 0.1) is 12.1 Å². The first-order valence-corrected chi connectivity index (χ1v) is 10.7. The highest BCUT2D eigenvalue weighted by molar-refractivity contribution is 6.10. The Balaban J connectivity index is 1.82. The summed E-state index contributed by atoms with van der Waals surface area (Å²) in [5.74, 6) is -4.63. The molecule has 4 rings (SSSR count). The molecular formula is C28H17F3N2O2. The maximum absolute atomic E-state index is 13.6. The van der Waals surface area contributed by atoms with Crippen LogP contribution < -0.4 is 0 Å². The molecule has 0 aromatic heterocycles. The van der Waals surface area contributed by atoms with E-state index in [1.807, 2.05) is 12.1 Å². The number of hydrogen-bond acceptors (Lipinski definition) is 4. The summed E-state index contributed by atoms with van der Waals surface area (Å²) in [6.45, 7) is 0. The van der Waals surface area contributed by atoms with E-state index >= 15 is 0 Å². The van der Waals surface area contributed by atoms with Crippen molar-refractivity contribution in [2.24, 2.45) is 11.3 Å². The standard InChI is InChI=1S/C28H17F3N2O2/c29-21-7-1-17(2-8-21)25(34)14-20-13-24(27(35)19-5-11-23(31)12-6-19)26(28(20,15-32)16-33)18-3-9-22(30)10-4-18/h1-13,20,26H,14H2/t20-,26+/m1/s1. The van der Waals surface area contributed by atoms with Crippen LogP contribution in [0.5, 0.6) is 0 Å². The van der Waals surface area contributed by atoms with Crippen molar-refractivity contribution in [2.75, 3.05) is 0 Å². The Kier molecular flexibility index (Phi) is 6.36. The molecule has 1 aliphatic carbocycles. The van der Waals surface area contributed by atoms with Crippen LogP contribution in [0.1, 0.15) is 38.6 Å². The highest BCUT2D eigenvalue weighted by Gasteiger charge is 2.54. The fourth-order valence-electron chi connectivity index (χ4n) is 4.47. The molecule has 0 spiro atoms. The fourth-order valence-corrected chi connectivity index (χ4v) is 4.47. The molecule has 0 heterocycles. The predicted octanol–water partition coefficient (Wildman–Crippen LogP) is 5.93. The Morgan fingerprint density at radius 3 is 1.69 bits per heavy atom. The molecule has 2 atom stereocenters. The number of benzene rings is 3. The first-order chi connectivity index (χ1) is 16.8. The molecular weight excluding hydrogens is 453 g/mol. The van der Waals surface area contributed by atoms with Crippen LogP contribution in [0.2, 0.25) is 0 Å². The highest BCUT2D eigenvalue weighted by atomic mass is 19.1. The largest absolute Gasteiger partial charge is 0.294 e. The fraction of sp³-hybridized carbons (Fsp3) is 0.143. The molecule has 3 aromatic rings. The van der Waals surface area contributed by atoms with Crippen molar-refractivity contribution in [3.8, 4) is 12.1 Å². The second kappa shape index (κ2) is 9.40. The molecule has 0 unspecified atom stereocenters. The van der Waals surface area contributed by atoms with Crippen molar-refractivity contribution in [3.63, 3.8) is 0 Å². The summed E-state index contributed by atoms with van der Waals surface area (Å²) in [7, 11) is 0.